The maximum Gasteiger partial charge on any atom is 0.350 e. The number of aliphatic hydroxyl groups excluding tert-OH is 1. The molecule has 2 aromatic heterocycles. The summed E-state index contributed by atoms with van der Waals surface area (Å²) in [4.78, 5) is 46.5. The van der Waals surface area contributed by atoms with E-state index in [0.717, 1.165) is 17.4 Å². The molecular weight excluding hydrogens is 738 g/mol. The summed E-state index contributed by atoms with van der Waals surface area (Å²) < 4.78 is 45.6. The highest BCUT2D eigenvalue weighted by Gasteiger charge is 2.45. The van der Waals surface area contributed by atoms with Crippen LogP contribution in [0.5, 0.6) is 5.75 Å². The molecule has 14 nitrogen and oxygen atoms in total. The van der Waals surface area contributed by atoms with Crippen molar-refractivity contribution >= 4 is 22.9 Å². The topological polar surface area (TPSA) is 150 Å². The van der Waals surface area contributed by atoms with Gasteiger partial charge in [-0.05, 0) is 74.4 Å². The van der Waals surface area contributed by atoms with Crippen molar-refractivity contribution in [3.63, 3.8) is 0 Å². The van der Waals surface area contributed by atoms with Crippen LogP contribution in [-0.2, 0) is 26.5 Å². The Bertz CT molecular complexity index is 2410. The molecule has 2 aliphatic heterocycles. The van der Waals surface area contributed by atoms with Crippen LogP contribution in [0.2, 0.25) is 0 Å². The van der Waals surface area contributed by atoms with Gasteiger partial charge in [0, 0.05) is 54.2 Å². The predicted molar refractivity (Wildman–Crippen MR) is 204 cm³/mol. The molecule has 0 radical (unpaired) electrons. The fourth-order valence-electron chi connectivity index (χ4n) is 7.90. The number of nitrogens with zero attached hydrogens (tertiary/aromatic N) is 8. The molecule has 1 aliphatic carbocycles. The third kappa shape index (κ3) is 7.29. The molecule has 2 fully saturated rings. The van der Waals surface area contributed by atoms with E-state index in [4.69, 9.17) is 9.47 Å². The number of anilines is 2. The molecule has 8 rings (SSSR count). The van der Waals surface area contributed by atoms with Crippen molar-refractivity contribution in [1.29, 1.82) is 0 Å². The van der Waals surface area contributed by atoms with Crippen molar-refractivity contribution in [2.75, 3.05) is 36.1 Å². The summed E-state index contributed by atoms with van der Waals surface area (Å²) in [5, 5.41) is 18.5. The first kappa shape index (κ1) is 37.7. The standard InChI is InChI=1S/C41H40F2N8O6/c1-3-35(26(2)52)51-40(55)50(25-46-51)31-7-5-29(6-8-31)48-14-15-49(37-18-39(54)38(53)17-36(37)48)30-9-11-32(12-10-30)56-20-27-19-41(57-21-27,22-47-24-44-23-45-47)33-13-4-28(42)16-34(33)43/h4-13,16-18,23-27,35,52H,3,14-15,19-22H2,1-2H3/t26-,27+,35-,41-/m0/s1. The average molecular weight is 779 g/mol. The zero-order chi connectivity index (χ0) is 39.8. The molecule has 0 unspecified atom stereocenters. The molecule has 0 amide bonds. The number of carbonyl (C=O) groups excluding carboxylic acids is 2. The second-order valence-corrected chi connectivity index (χ2v) is 14.4. The van der Waals surface area contributed by atoms with Crippen LogP contribution in [0.4, 0.5) is 20.2 Å². The second kappa shape index (κ2) is 15.3. The predicted octanol–water partition coefficient (Wildman–Crippen LogP) is 4.49. The first-order valence-electron chi connectivity index (χ1n) is 18.7. The van der Waals surface area contributed by atoms with E-state index in [2.05, 4.69) is 15.2 Å². The van der Waals surface area contributed by atoms with E-state index in [0.29, 0.717) is 55.4 Å². The Morgan fingerprint density at radius 3 is 2.14 bits per heavy atom. The van der Waals surface area contributed by atoms with E-state index >= 15 is 4.39 Å². The number of benzene rings is 3. The Balaban J connectivity index is 0.953. The van der Waals surface area contributed by atoms with Gasteiger partial charge in [0.05, 0.1) is 49.0 Å². The third-order valence-electron chi connectivity index (χ3n) is 10.7. The van der Waals surface area contributed by atoms with Crippen molar-refractivity contribution in [1.82, 2.24) is 29.1 Å². The molecule has 3 aliphatic rings. The van der Waals surface area contributed by atoms with E-state index in [-0.39, 0.29) is 30.3 Å². The van der Waals surface area contributed by atoms with Crippen LogP contribution in [0.25, 0.3) is 5.69 Å². The van der Waals surface area contributed by atoms with Crippen LogP contribution in [0.3, 0.4) is 0 Å². The van der Waals surface area contributed by atoms with Gasteiger partial charge in [-0.2, -0.15) is 10.2 Å². The first-order chi connectivity index (χ1) is 27.5. The lowest BCUT2D eigenvalue weighted by Crippen LogP contribution is -2.45. The minimum atomic E-state index is -1.09. The van der Waals surface area contributed by atoms with Crippen LogP contribution in [0, 0.1) is 17.6 Å². The summed E-state index contributed by atoms with van der Waals surface area (Å²) in [6, 6.07) is 17.7. The van der Waals surface area contributed by atoms with Gasteiger partial charge in [0.25, 0.3) is 0 Å². The molecule has 0 saturated carbocycles. The summed E-state index contributed by atoms with van der Waals surface area (Å²) in [6.07, 6.45) is 7.26. The zero-order valence-corrected chi connectivity index (χ0v) is 31.2. The van der Waals surface area contributed by atoms with Crippen LogP contribution >= 0.6 is 0 Å². The summed E-state index contributed by atoms with van der Waals surface area (Å²) in [7, 11) is 0. The first-order valence-corrected chi connectivity index (χ1v) is 18.7. The van der Waals surface area contributed by atoms with Crippen molar-refractivity contribution in [3.8, 4) is 11.4 Å². The van der Waals surface area contributed by atoms with E-state index in [9.17, 15) is 23.9 Å². The molecule has 0 bridgehead atoms. The molecule has 3 aromatic carbocycles. The molecule has 2 saturated heterocycles. The maximum absolute atomic E-state index is 15.1. The zero-order valence-electron chi connectivity index (χ0n) is 31.2. The van der Waals surface area contributed by atoms with Gasteiger partial charge in [-0.15, -0.1) is 0 Å². The normalized spacial score (nSPS) is 20.6. The van der Waals surface area contributed by atoms with Crippen LogP contribution in [0.15, 0.2) is 114 Å². The van der Waals surface area contributed by atoms with Crippen LogP contribution in [0.1, 0.15) is 38.3 Å². The lowest BCUT2D eigenvalue weighted by Gasteiger charge is -2.42. The SMILES string of the molecule is CC[C@@H]([C@H](C)O)n1ncn(-c2ccc(N3CCN(c4ccc(OC[C@@H]5CO[C@@](Cn6cncn6)(c6ccc(F)cc6F)C5)cc4)C4=CC(=O)C(=O)C=C43)cc2)c1=O. The van der Waals surface area contributed by atoms with E-state index in [1.54, 1.807) is 23.7 Å². The molecule has 1 N–H and O–H groups in total. The van der Waals surface area contributed by atoms with E-state index in [1.165, 1.54) is 52.5 Å². The third-order valence-corrected chi connectivity index (χ3v) is 10.7. The van der Waals surface area contributed by atoms with E-state index in [1.807, 2.05) is 53.1 Å². The molecule has 5 aromatic rings. The highest BCUT2D eigenvalue weighted by Crippen LogP contribution is 2.42. The van der Waals surface area contributed by atoms with Crippen molar-refractivity contribution in [2.45, 2.75) is 51.0 Å². The lowest BCUT2D eigenvalue weighted by molar-refractivity contribution is -0.131. The molecular formula is C41H40F2N8O6. The van der Waals surface area contributed by atoms with Crippen molar-refractivity contribution < 1.29 is 33.0 Å². The van der Waals surface area contributed by atoms with Gasteiger partial charge in [-0.3, -0.25) is 9.59 Å². The number of piperazine rings is 1. The number of halogens is 2. The number of aliphatic hydroxyl groups is 1. The summed E-state index contributed by atoms with van der Waals surface area (Å²) in [6.45, 7) is 5.25. The number of rotatable bonds is 12. The number of ketones is 2. The molecule has 57 heavy (non-hydrogen) atoms. The number of ether oxygens (including phenoxy) is 2. The van der Waals surface area contributed by atoms with Crippen molar-refractivity contribution in [3.05, 3.63) is 137 Å². The Hall–Kier alpha value is -6.26. The molecule has 4 atom stereocenters. The van der Waals surface area contributed by atoms with Gasteiger partial charge in [0.1, 0.15) is 42.0 Å². The van der Waals surface area contributed by atoms with Gasteiger partial charge in [-0.1, -0.05) is 13.0 Å². The maximum atomic E-state index is 15.1. The highest BCUT2D eigenvalue weighted by molar-refractivity contribution is 6.47. The Morgan fingerprint density at radius 1 is 0.895 bits per heavy atom. The number of hydrogen-bond acceptors (Lipinski definition) is 11. The van der Waals surface area contributed by atoms with Crippen LogP contribution < -0.4 is 20.2 Å². The minimum Gasteiger partial charge on any atom is -0.493 e. The molecule has 0 spiro atoms. The Kier molecular flexibility index (Phi) is 10.1. The lowest BCUT2D eigenvalue weighted by atomic mass is 9.87. The Labute approximate surface area is 325 Å². The summed E-state index contributed by atoms with van der Waals surface area (Å²) >= 11 is 0. The van der Waals surface area contributed by atoms with Gasteiger partial charge in [-0.25, -0.2) is 32.5 Å². The quantitative estimate of drug-likeness (QED) is 0.141. The van der Waals surface area contributed by atoms with Gasteiger partial charge in [0.2, 0.25) is 11.6 Å². The number of fused-ring (bicyclic) bond motifs is 1. The fourth-order valence-corrected chi connectivity index (χ4v) is 7.90. The fraction of sp³-hybridized carbons (Fsp3) is 0.317. The van der Waals surface area contributed by atoms with Gasteiger partial charge < -0.3 is 24.4 Å². The smallest absolute Gasteiger partial charge is 0.350 e. The number of carbonyl (C=O) groups is 2. The van der Waals surface area contributed by atoms with Crippen LogP contribution in [-0.4, -0.2) is 78.2 Å². The largest absolute Gasteiger partial charge is 0.493 e. The van der Waals surface area contributed by atoms with Gasteiger partial charge in [0.15, 0.2) is 0 Å². The highest BCUT2D eigenvalue weighted by atomic mass is 19.1. The number of hydrogen-bond donors (Lipinski definition) is 1. The second-order valence-electron chi connectivity index (χ2n) is 14.4. The van der Waals surface area contributed by atoms with E-state index < -0.39 is 40.9 Å². The number of allylic oxidation sites excluding steroid dienone is 2. The summed E-state index contributed by atoms with van der Waals surface area (Å²) in [5.41, 5.74) is 2.08. The monoisotopic (exact) mass is 778 g/mol. The molecule has 294 valence electrons. The summed E-state index contributed by atoms with van der Waals surface area (Å²) in [5.74, 6) is -2.11. The minimum absolute atomic E-state index is 0.106. The van der Waals surface area contributed by atoms with Gasteiger partial charge >= 0.3 is 5.69 Å². The molecule has 4 heterocycles. The molecule has 16 heteroatoms. The average Bonchev–Trinajstić information content (AvgIpc) is 3.96. The number of aromatic nitrogens is 6. The Morgan fingerprint density at radius 2 is 1.54 bits per heavy atom. The van der Waals surface area contributed by atoms with Crippen molar-refractivity contribution in [2.24, 2.45) is 5.92 Å².